The summed E-state index contributed by atoms with van der Waals surface area (Å²) in [6, 6.07) is 9.45. The Hall–Kier alpha value is -1.61. The molecule has 1 N–H and O–H groups in total. The zero-order valence-corrected chi connectivity index (χ0v) is 9.30. The van der Waals surface area contributed by atoms with Crippen LogP contribution in [0.2, 0.25) is 0 Å². The van der Waals surface area contributed by atoms with E-state index >= 15 is 0 Å². The number of aliphatic hydroxyl groups excluding tert-OH is 1. The molecule has 1 aromatic rings. The van der Waals surface area contributed by atoms with Crippen LogP contribution in [0.4, 0.5) is 0 Å². The molecule has 1 atom stereocenters. The number of hydrogen-bond donors (Lipinski definition) is 1. The van der Waals surface area contributed by atoms with Crippen LogP contribution in [0.5, 0.6) is 0 Å². The molecule has 86 valence electrons. The fourth-order valence-electron chi connectivity index (χ4n) is 1.27. The first-order chi connectivity index (χ1) is 7.70. The van der Waals surface area contributed by atoms with Gasteiger partial charge in [-0.1, -0.05) is 42.5 Å². The molecule has 0 fully saturated rings. The highest BCUT2D eigenvalue weighted by Crippen LogP contribution is 2.15. The third-order valence-electron chi connectivity index (χ3n) is 2.09. The van der Waals surface area contributed by atoms with Gasteiger partial charge in [0.2, 0.25) is 0 Å². The molecule has 0 aliphatic rings. The average molecular weight is 220 g/mol. The van der Waals surface area contributed by atoms with Crippen LogP contribution in [0, 0.1) is 0 Å². The number of esters is 1. The quantitative estimate of drug-likeness (QED) is 0.611. The minimum Gasteiger partial charge on any atom is -0.462 e. The Balaban J connectivity index is 2.30. The van der Waals surface area contributed by atoms with Gasteiger partial charge >= 0.3 is 5.97 Å². The molecular formula is C13H16O3. The van der Waals surface area contributed by atoms with Crippen molar-refractivity contribution < 1.29 is 14.6 Å². The second-order valence-corrected chi connectivity index (χ2v) is 3.44. The number of rotatable bonds is 5. The van der Waals surface area contributed by atoms with E-state index in [2.05, 4.69) is 0 Å². The fourth-order valence-corrected chi connectivity index (χ4v) is 1.27. The van der Waals surface area contributed by atoms with Gasteiger partial charge in [-0.05, 0) is 12.0 Å². The summed E-state index contributed by atoms with van der Waals surface area (Å²) in [5.74, 6) is -0.298. The number of benzene rings is 1. The monoisotopic (exact) mass is 220 g/mol. The van der Waals surface area contributed by atoms with Gasteiger partial charge < -0.3 is 9.84 Å². The maximum atomic E-state index is 10.5. The van der Waals surface area contributed by atoms with Crippen LogP contribution in [-0.4, -0.2) is 17.7 Å². The number of ether oxygens (including phenoxy) is 1. The molecule has 16 heavy (non-hydrogen) atoms. The zero-order chi connectivity index (χ0) is 11.8. The molecule has 3 heteroatoms. The van der Waals surface area contributed by atoms with E-state index in [4.69, 9.17) is 4.74 Å². The third kappa shape index (κ3) is 4.75. The van der Waals surface area contributed by atoms with Crippen molar-refractivity contribution in [1.82, 2.24) is 0 Å². The van der Waals surface area contributed by atoms with Crippen LogP contribution in [0.25, 0.3) is 0 Å². The summed E-state index contributed by atoms with van der Waals surface area (Å²) in [5.41, 5.74) is 0.889. The number of hydrogen-bond acceptors (Lipinski definition) is 3. The largest absolute Gasteiger partial charge is 0.462 e. The zero-order valence-electron chi connectivity index (χ0n) is 9.30. The Labute approximate surface area is 95.4 Å². The second-order valence-electron chi connectivity index (χ2n) is 3.44. The van der Waals surface area contributed by atoms with Crippen molar-refractivity contribution in [3.8, 4) is 0 Å². The van der Waals surface area contributed by atoms with Gasteiger partial charge in [-0.3, -0.25) is 4.79 Å². The first-order valence-corrected chi connectivity index (χ1v) is 5.21. The Morgan fingerprint density at radius 2 is 2.06 bits per heavy atom. The van der Waals surface area contributed by atoms with Gasteiger partial charge in [-0.15, -0.1) is 0 Å². The predicted molar refractivity (Wildman–Crippen MR) is 61.8 cm³/mol. The number of carbonyl (C=O) groups is 1. The predicted octanol–water partition coefficient (Wildman–Crippen LogP) is 2.23. The Morgan fingerprint density at radius 1 is 1.38 bits per heavy atom. The van der Waals surface area contributed by atoms with Crippen molar-refractivity contribution in [2.45, 2.75) is 19.4 Å². The van der Waals surface area contributed by atoms with Crippen LogP contribution in [-0.2, 0) is 9.53 Å². The third-order valence-corrected chi connectivity index (χ3v) is 2.09. The maximum absolute atomic E-state index is 10.5. The van der Waals surface area contributed by atoms with Gasteiger partial charge in [0.05, 0.1) is 6.10 Å². The van der Waals surface area contributed by atoms with Gasteiger partial charge in [-0.25, -0.2) is 0 Å². The molecular weight excluding hydrogens is 204 g/mol. The summed E-state index contributed by atoms with van der Waals surface area (Å²) in [5, 5.41) is 9.77. The minimum absolute atomic E-state index is 0.261. The van der Waals surface area contributed by atoms with Crippen LogP contribution >= 0.6 is 0 Å². The average Bonchev–Trinajstić information content (AvgIpc) is 2.29. The van der Waals surface area contributed by atoms with E-state index in [1.807, 2.05) is 30.3 Å². The first kappa shape index (κ1) is 12.5. The first-order valence-electron chi connectivity index (χ1n) is 5.21. The molecule has 0 aliphatic heterocycles. The van der Waals surface area contributed by atoms with Crippen LogP contribution < -0.4 is 0 Å². The Morgan fingerprint density at radius 3 is 2.69 bits per heavy atom. The summed E-state index contributed by atoms with van der Waals surface area (Å²) in [4.78, 5) is 10.5. The molecule has 0 amide bonds. The van der Waals surface area contributed by atoms with E-state index in [1.165, 1.54) is 6.92 Å². The Bertz CT molecular complexity index is 343. The van der Waals surface area contributed by atoms with Crippen molar-refractivity contribution in [2.24, 2.45) is 0 Å². The molecule has 0 aromatic heterocycles. The lowest BCUT2D eigenvalue weighted by Crippen LogP contribution is -1.98. The smallest absolute Gasteiger partial charge is 0.302 e. The van der Waals surface area contributed by atoms with Gasteiger partial charge in [0, 0.05) is 6.92 Å². The van der Waals surface area contributed by atoms with E-state index in [0.717, 1.165) is 5.56 Å². The molecule has 1 rings (SSSR count). The van der Waals surface area contributed by atoms with Crippen LogP contribution in [0.15, 0.2) is 42.5 Å². The molecule has 0 bridgehead atoms. The molecule has 0 saturated heterocycles. The molecule has 0 aliphatic carbocycles. The standard InChI is InChI=1S/C13H16O3/c1-11(14)16-10-6-5-9-13(15)12-7-3-2-4-8-12/h2-8,13,15H,9-10H2,1H3/b6-5+. The molecule has 1 unspecified atom stereocenters. The fraction of sp³-hybridized carbons (Fsp3) is 0.308. The van der Waals surface area contributed by atoms with Crippen LogP contribution in [0.1, 0.15) is 25.0 Å². The van der Waals surface area contributed by atoms with E-state index in [0.29, 0.717) is 6.42 Å². The topological polar surface area (TPSA) is 46.5 Å². The van der Waals surface area contributed by atoms with Crippen molar-refractivity contribution in [2.75, 3.05) is 6.61 Å². The lowest BCUT2D eigenvalue weighted by atomic mass is 10.1. The SMILES string of the molecule is CC(=O)OC/C=C/CC(O)c1ccccc1. The second kappa shape index (κ2) is 6.80. The minimum atomic E-state index is -0.505. The van der Waals surface area contributed by atoms with E-state index in [1.54, 1.807) is 12.2 Å². The van der Waals surface area contributed by atoms with Crippen molar-refractivity contribution in [1.29, 1.82) is 0 Å². The highest BCUT2D eigenvalue weighted by atomic mass is 16.5. The molecule has 1 aromatic carbocycles. The van der Waals surface area contributed by atoms with Gasteiger partial charge in [-0.2, -0.15) is 0 Å². The van der Waals surface area contributed by atoms with Crippen molar-refractivity contribution in [3.63, 3.8) is 0 Å². The van der Waals surface area contributed by atoms with E-state index < -0.39 is 6.10 Å². The molecule has 0 saturated carbocycles. The number of aliphatic hydroxyl groups is 1. The lowest BCUT2D eigenvalue weighted by Gasteiger charge is -2.07. The Kier molecular flexibility index (Phi) is 5.29. The van der Waals surface area contributed by atoms with Gasteiger partial charge in [0.15, 0.2) is 0 Å². The molecule has 0 heterocycles. The lowest BCUT2D eigenvalue weighted by molar-refractivity contribution is -0.139. The van der Waals surface area contributed by atoms with Crippen LogP contribution in [0.3, 0.4) is 0 Å². The van der Waals surface area contributed by atoms with Gasteiger partial charge in [0.1, 0.15) is 6.61 Å². The summed E-state index contributed by atoms with van der Waals surface area (Å²) in [7, 11) is 0. The van der Waals surface area contributed by atoms with Crippen molar-refractivity contribution >= 4 is 5.97 Å². The molecule has 0 spiro atoms. The molecule has 0 radical (unpaired) electrons. The summed E-state index contributed by atoms with van der Waals surface area (Å²) < 4.78 is 4.72. The summed E-state index contributed by atoms with van der Waals surface area (Å²) >= 11 is 0. The summed E-state index contributed by atoms with van der Waals surface area (Å²) in [6.07, 6.45) is 3.55. The normalized spacial score (nSPS) is 12.6. The van der Waals surface area contributed by atoms with E-state index in [-0.39, 0.29) is 12.6 Å². The summed E-state index contributed by atoms with van der Waals surface area (Å²) in [6.45, 7) is 1.63. The highest BCUT2D eigenvalue weighted by Gasteiger charge is 2.03. The van der Waals surface area contributed by atoms with Gasteiger partial charge in [0.25, 0.3) is 0 Å². The highest BCUT2D eigenvalue weighted by molar-refractivity contribution is 5.65. The van der Waals surface area contributed by atoms with E-state index in [9.17, 15) is 9.90 Å². The maximum Gasteiger partial charge on any atom is 0.302 e. The van der Waals surface area contributed by atoms with Crippen molar-refractivity contribution in [3.05, 3.63) is 48.0 Å². The molecule has 3 nitrogen and oxygen atoms in total. The number of carbonyl (C=O) groups excluding carboxylic acids is 1.